The monoisotopic (exact) mass is 331 g/mol. The molecule has 1 N–H and O–H groups in total. The zero-order valence-electron chi connectivity index (χ0n) is 13.4. The molecule has 1 aromatic heterocycles. The van der Waals surface area contributed by atoms with Crippen molar-refractivity contribution in [3.63, 3.8) is 0 Å². The molecule has 1 aromatic carbocycles. The lowest BCUT2D eigenvalue weighted by Gasteiger charge is -2.16. The summed E-state index contributed by atoms with van der Waals surface area (Å²) in [5.74, 6) is 2.57. The van der Waals surface area contributed by atoms with E-state index >= 15 is 0 Å². The number of methoxy groups -OCH3 is 1. The summed E-state index contributed by atoms with van der Waals surface area (Å²) in [6, 6.07) is 7.64. The number of aromatic amines is 1. The molecule has 5 nitrogen and oxygen atoms in total. The first-order valence-electron chi connectivity index (χ1n) is 7.69. The molecule has 1 fully saturated rings. The number of hydrogen-bond acceptors (Lipinski definition) is 4. The SMILES string of the molecule is COc1ccc(-c2[nH]ncc2C(=O)N2CCC(CSC)C2)cc1. The average molecular weight is 331 g/mol. The van der Waals surface area contributed by atoms with E-state index in [4.69, 9.17) is 4.74 Å². The van der Waals surface area contributed by atoms with Crippen LogP contribution in [-0.2, 0) is 0 Å². The Labute approximate surface area is 140 Å². The second-order valence-electron chi connectivity index (χ2n) is 5.75. The van der Waals surface area contributed by atoms with Crippen molar-refractivity contribution < 1.29 is 9.53 Å². The van der Waals surface area contributed by atoms with Gasteiger partial charge in [0.15, 0.2) is 0 Å². The van der Waals surface area contributed by atoms with Gasteiger partial charge in [0.2, 0.25) is 0 Å². The number of hydrogen-bond donors (Lipinski definition) is 1. The summed E-state index contributed by atoms with van der Waals surface area (Å²) in [6.45, 7) is 1.67. The molecule has 1 amide bonds. The van der Waals surface area contributed by atoms with Crippen molar-refractivity contribution in [2.45, 2.75) is 6.42 Å². The minimum Gasteiger partial charge on any atom is -0.497 e. The molecule has 1 atom stereocenters. The highest BCUT2D eigenvalue weighted by Crippen LogP contribution is 2.27. The summed E-state index contributed by atoms with van der Waals surface area (Å²) >= 11 is 1.85. The first-order chi connectivity index (χ1) is 11.2. The maximum absolute atomic E-state index is 12.8. The molecule has 1 unspecified atom stereocenters. The Morgan fingerprint density at radius 1 is 1.43 bits per heavy atom. The van der Waals surface area contributed by atoms with E-state index in [-0.39, 0.29) is 5.91 Å². The summed E-state index contributed by atoms with van der Waals surface area (Å²) in [4.78, 5) is 14.8. The zero-order chi connectivity index (χ0) is 16.2. The Morgan fingerprint density at radius 3 is 2.91 bits per heavy atom. The first kappa shape index (κ1) is 15.9. The molecule has 2 aromatic rings. The van der Waals surface area contributed by atoms with Crippen molar-refractivity contribution in [3.8, 4) is 17.0 Å². The number of ether oxygens (including phenoxy) is 1. The van der Waals surface area contributed by atoms with Crippen molar-refractivity contribution in [1.29, 1.82) is 0 Å². The summed E-state index contributed by atoms with van der Waals surface area (Å²) in [5, 5.41) is 7.04. The number of carbonyl (C=O) groups is 1. The van der Waals surface area contributed by atoms with Crippen LogP contribution in [0.1, 0.15) is 16.8 Å². The molecule has 0 spiro atoms. The maximum Gasteiger partial charge on any atom is 0.257 e. The van der Waals surface area contributed by atoms with E-state index in [1.165, 1.54) is 0 Å². The highest BCUT2D eigenvalue weighted by atomic mass is 32.2. The molecule has 1 aliphatic rings. The number of amides is 1. The Morgan fingerprint density at radius 2 is 2.22 bits per heavy atom. The van der Waals surface area contributed by atoms with Crippen LogP contribution in [-0.4, -0.2) is 53.2 Å². The van der Waals surface area contributed by atoms with Crippen LogP contribution in [0.2, 0.25) is 0 Å². The van der Waals surface area contributed by atoms with Gasteiger partial charge in [0.25, 0.3) is 5.91 Å². The Balaban J connectivity index is 1.79. The van der Waals surface area contributed by atoms with Crippen LogP contribution in [0.5, 0.6) is 5.75 Å². The van der Waals surface area contributed by atoms with E-state index in [1.807, 2.05) is 40.9 Å². The van der Waals surface area contributed by atoms with Gasteiger partial charge < -0.3 is 9.64 Å². The number of rotatable bonds is 5. The average Bonchev–Trinajstić information content (AvgIpc) is 3.24. The molecular formula is C17H21N3O2S. The van der Waals surface area contributed by atoms with E-state index in [2.05, 4.69) is 16.5 Å². The molecule has 23 heavy (non-hydrogen) atoms. The van der Waals surface area contributed by atoms with Crippen molar-refractivity contribution >= 4 is 17.7 Å². The van der Waals surface area contributed by atoms with E-state index in [0.29, 0.717) is 11.5 Å². The van der Waals surface area contributed by atoms with Crippen LogP contribution in [0, 0.1) is 5.92 Å². The fraction of sp³-hybridized carbons (Fsp3) is 0.412. The lowest BCUT2D eigenvalue weighted by Crippen LogP contribution is -2.29. The van der Waals surface area contributed by atoms with E-state index < -0.39 is 0 Å². The fourth-order valence-electron chi connectivity index (χ4n) is 2.99. The van der Waals surface area contributed by atoms with Gasteiger partial charge in [0, 0.05) is 18.7 Å². The van der Waals surface area contributed by atoms with Crippen molar-refractivity contribution in [3.05, 3.63) is 36.0 Å². The lowest BCUT2D eigenvalue weighted by molar-refractivity contribution is 0.0789. The van der Waals surface area contributed by atoms with Gasteiger partial charge in [-0.15, -0.1) is 0 Å². The predicted octanol–water partition coefficient (Wildman–Crippen LogP) is 2.91. The van der Waals surface area contributed by atoms with Gasteiger partial charge in [-0.1, -0.05) is 0 Å². The molecule has 0 aliphatic carbocycles. The van der Waals surface area contributed by atoms with Gasteiger partial charge in [-0.2, -0.15) is 16.9 Å². The maximum atomic E-state index is 12.8. The lowest BCUT2D eigenvalue weighted by atomic mass is 10.1. The normalized spacial score (nSPS) is 17.5. The zero-order valence-corrected chi connectivity index (χ0v) is 14.2. The van der Waals surface area contributed by atoms with Crippen LogP contribution in [0.4, 0.5) is 0 Å². The minimum atomic E-state index is 0.0631. The number of carbonyl (C=O) groups excluding carboxylic acids is 1. The Kier molecular flexibility index (Phi) is 4.91. The predicted molar refractivity (Wildman–Crippen MR) is 93.0 cm³/mol. The minimum absolute atomic E-state index is 0.0631. The largest absolute Gasteiger partial charge is 0.497 e. The quantitative estimate of drug-likeness (QED) is 0.915. The fourth-order valence-corrected chi connectivity index (χ4v) is 3.73. The van der Waals surface area contributed by atoms with Crippen LogP contribution < -0.4 is 4.74 Å². The van der Waals surface area contributed by atoms with Gasteiger partial charge in [-0.25, -0.2) is 0 Å². The number of thioether (sulfide) groups is 1. The Hall–Kier alpha value is -1.95. The number of H-pyrrole nitrogens is 1. The second kappa shape index (κ2) is 7.08. The topological polar surface area (TPSA) is 58.2 Å². The van der Waals surface area contributed by atoms with Crippen LogP contribution in [0.3, 0.4) is 0 Å². The number of likely N-dealkylation sites (tertiary alicyclic amines) is 1. The molecule has 0 radical (unpaired) electrons. The number of aromatic nitrogens is 2. The second-order valence-corrected chi connectivity index (χ2v) is 6.66. The molecule has 3 rings (SSSR count). The van der Waals surface area contributed by atoms with Crippen LogP contribution >= 0.6 is 11.8 Å². The van der Waals surface area contributed by atoms with E-state index in [9.17, 15) is 4.79 Å². The number of nitrogens with zero attached hydrogens (tertiary/aromatic N) is 2. The molecule has 1 saturated heterocycles. The van der Waals surface area contributed by atoms with Gasteiger partial charge in [0.05, 0.1) is 24.6 Å². The summed E-state index contributed by atoms with van der Waals surface area (Å²) in [6.07, 6.45) is 4.83. The smallest absolute Gasteiger partial charge is 0.257 e. The van der Waals surface area contributed by atoms with Crippen molar-refractivity contribution in [2.24, 2.45) is 5.92 Å². The van der Waals surface area contributed by atoms with Crippen molar-refractivity contribution in [1.82, 2.24) is 15.1 Å². The Bertz CT molecular complexity index is 669. The van der Waals surface area contributed by atoms with Crippen LogP contribution in [0.15, 0.2) is 30.5 Å². The third-order valence-electron chi connectivity index (χ3n) is 4.22. The molecule has 6 heteroatoms. The standard InChI is InChI=1S/C17H21N3O2S/c1-22-14-5-3-13(4-6-14)16-15(9-18-19-16)17(21)20-8-7-12(10-20)11-23-2/h3-6,9,12H,7-8,10-11H2,1-2H3,(H,18,19). The molecule has 1 aliphatic heterocycles. The summed E-state index contributed by atoms with van der Waals surface area (Å²) < 4.78 is 5.18. The third-order valence-corrected chi connectivity index (χ3v) is 5.03. The van der Waals surface area contributed by atoms with Gasteiger partial charge in [-0.05, 0) is 48.6 Å². The number of benzene rings is 1. The highest BCUT2D eigenvalue weighted by molar-refractivity contribution is 7.98. The van der Waals surface area contributed by atoms with Crippen LogP contribution in [0.25, 0.3) is 11.3 Å². The molecule has 0 saturated carbocycles. The third kappa shape index (κ3) is 3.37. The van der Waals surface area contributed by atoms with Gasteiger partial charge in [0.1, 0.15) is 5.75 Å². The van der Waals surface area contributed by atoms with Gasteiger partial charge in [-0.3, -0.25) is 9.89 Å². The van der Waals surface area contributed by atoms with E-state index in [0.717, 1.165) is 42.3 Å². The van der Waals surface area contributed by atoms with E-state index in [1.54, 1.807) is 13.3 Å². The molecule has 122 valence electrons. The summed E-state index contributed by atoms with van der Waals surface area (Å²) in [5.41, 5.74) is 2.34. The van der Waals surface area contributed by atoms with Crippen molar-refractivity contribution in [2.75, 3.05) is 32.2 Å². The molecular weight excluding hydrogens is 310 g/mol. The number of nitrogens with one attached hydrogen (secondary N) is 1. The molecule has 2 heterocycles. The highest BCUT2D eigenvalue weighted by Gasteiger charge is 2.28. The summed E-state index contributed by atoms with van der Waals surface area (Å²) in [7, 11) is 1.64. The van der Waals surface area contributed by atoms with Gasteiger partial charge >= 0.3 is 0 Å². The molecule has 0 bridgehead atoms. The first-order valence-corrected chi connectivity index (χ1v) is 9.08.